The Morgan fingerprint density at radius 3 is 1.27 bits per heavy atom. The van der Waals surface area contributed by atoms with Gasteiger partial charge in [0.1, 0.15) is 0 Å². The van der Waals surface area contributed by atoms with Gasteiger partial charge in [0, 0.05) is 41.6 Å². The van der Waals surface area contributed by atoms with Crippen LogP contribution in [-0.2, 0) is 0 Å². The lowest BCUT2D eigenvalue weighted by Gasteiger charge is -2.42. The monoisotopic (exact) mass is 683 g/mol. The molecule has 0 saturated heterocycles. The van der Waals surface area contributed by atoms with Gasteiger partial charge in [0.15, 0.2) is 12.4 Å². The number of rotatable bonds is 10. The highest BCUT2D eigenvalue weighted by Crippen LogP contribution is 2.65. The third-order valence-corrected chi connectivity index (χ3v) is 6.94. The fourth-order valence-electron chi connectivity index (χ4n) is 3.38. The molecule has 3 aromatic rings. The molecule has 0 spiro atoms. The molecule has 1 aromatic carbocycles. The highest BCUT2D eigenvalue weighted by Gasteiger charge is 2.95. The Kier molecular flexibility index (Phi) is 8.74. The lowest BCUT2D eigenvalue weighted by Crippen LogP contribution is -2.74. The van der Waals surface area contributed by atoms with Crippen LogP contribution in [0.15, 0.2) is 78.2 Å². The number of halogens is 17. The van der Waals surface area contributed by atoms with Crippen LogP contribution in [0.3, 0.4) is 0 Å². The molecule has 0 N–H and O–H groups in total. The van der Waals surface area contributed by atoms with E-state index in [-0.39, 0.29) is 5.69 Å². The normalized spacial score (nSPS) is 14.6. The second-order valence-corrected chi connectivity index (χ2v) is 9.98. The van der Waals surface area contributed by atoms with E-state index in [1.165, 1.54) is 29.4 Å². The predicted molar refractivity (Wildman–Crippen MR) is 118 cm³/mol. The molecule has 0 aliphatic carbocycles. The minimum absolute atomic E-state index is 0.120. The molecule has 0 fully saturated rings. The first kappa shape index (κ1) is 35.2. The number of hydrogen-bond donors (Lipinski definition) is 0. The first-order valence-electron chi connectivity index (χ1n) is 11.2. The summed E-state index contributed by atoms with van der Waals surface area (Å²) in [7, 11) is 0. The van der Waals surface area contributed by atoms with Gasteiger partial charge in [-0.2, -0.15) is 79.2 Å². The molecule has 0 saturated carbocycles. The minimum atomic E-state index is -8.65. The highest BCUT2D eigenvalue weighted by atomic mass is 32.2. The molecule has 0 amide bonds. The van der Waals surface area contributed by atoms with Gasteiger partial charge in [-0.1, -0.05) is 0 Å². The van der Waals surface area contributed by atoms with Crippen molar-refractivity contribution in [2.24, 2.45) is 0 Å². The van der Waals surface area contributed by atoms with Crippen molar-refractivity contribution in [1.82, 2.24) is 4.98 Å². The zero-order valence-electron chi connectivity index (χ0n) is 20.7. The van der Waals surface area contributed by atoms with E-state index >= 15 is 0 Å². The van der Waals surface area contributed by atoms with Crippen molar-refractivity contribution in [2.45, 2.75) is 51.9 Å². The molecule has 0 atom stereocenters. The molecule has 0 unspecified atom stereocenters. The minimum Gasteiger partial charge on any atom is -0.265 e. The molecule has 0 aliphatic heterocycles. The van der Waals surface area contributed by atoms with E-state index in [0.29, 0.717) is 17.7 Å². The Morgan fingerprint density at radius 1 is 0.455 bits per heavy atom. The number of benzene rings is 1. The lowest BCUT2D eigenvalue weighted by molar-refractivity contribution is -0.595. The van der Waals surface area contributed by atoms with Crippen LogP contribution in [0.5, 0.6) is 0 Å². The van der Waals surface area contributed by atoms with Gasteiger partial charge in [-0.05, 0) is 47.2 Å². The Bertz CT molecular complexity index is 1440. The van der Waals surface area contributed by atoms with Gasteiger partial charge in [-0.15, -0.1) is 0 Å². The van der Waals surface area contributed by atoms with E-state index in [0.717, 1.165) is 17.7 Å². The first-order chi connectivity index (χ1) is 19.8. The Morgan fingerprint density at radius 2 is 0.841 bits per heavy atom. The number of nitrogens with zero attached hydrogens (tertiary/aromatic N) is 2. The number of thioether (sulfide) groups is 1. The van der Waals surface area contributed by atoms with Crippen molar-refractivity contribution >= 4 is 11.8 Å². The molecule has 2 heterocycles. The van der Waals surface area contributed by atoms with Gasteiger partial charge in [-0.25, -0.2) is 0 Å². The zero-order valence-corrected chi connectivity index (χ0v) is 21.5. The van der Waals surface area contributed by atoms with E-state index in [4.69, 9.17) is 0 Å². The van der Waals surface area contributed by atoms with Crippen molar-refractivity contribution < 1.29 is 79.2 Å². The van der Waals surface area contributed by atoms with Crippen molar-refractivity contribution in [3.05, 3.63) is 73.3 Å². The zero-order chi connectivity index (χ0) is 33.8. The molecule has 44 heavy (non-hydrogen) atoms. The summed E-state index contributed by atoms with van der Waals surface area (Å²) >= 11 is -1.65. The van der Waals surface area contributed by atoms with E-state index in [2.05, 4.69) is 4.98 Å². The summed E-state index contributed by atoms with van der Waals surface area (Å²) in [6.07, 6.45) is -1.94. The molecule has 3 rings (SSSR count). The first-order valence-corrected chi connectivity index (χ1v) is 12.0. The molecule has 0 aliphatic rings. The average molecular weight is 683 g/mol. The standard InChI is InChI=1S/C24H12F17N2S/c25-17(26,19(29,30)21(33,34)23(37,38)39)18(27,28)20(31,32)22(35,36)24(40,41)44-16-3-1-15(2-4-16)43-11-7-14(8-12-43)13-5-9-42-10-6-13/h1-12H/q+1. The van der Waals surface area contributed by atoms with Crippen LogP contribution < -0.4 is 4.57 Å². The third-order valence-electron chi connectivity index (χ3n) is 5.92. The average Bonchev–Trinajstić information content (AvgIpc) is 2.92. The fraction of sp³-hybridized carbons (Fsp3) is 0.333. The summed E-state index contributed by atoms with van der Waals surface area (Å²) in [6.45, 7) is 0. The van der Waals surface area contributed by atoms with Crippen LogP contribution in [0.4, 0.5) is 74.6 Å². The number of aromatic nitrogens is 2. The van der Waals surface area contributed by atoms with Crippen molar-refractivity contribution in [3.8, 4) is 16.8 Å². The fourth-order valence-corrected chi connectivity index (χ4v) is 4.21. The summed E-state index contributed by atoms with van der Waals surface area (Å²) in [5, 5.41) is -6.57. The second-order valence-electron chi connectivity index (χ2n) is 8.79. The van der Waals surface area contributed by atoms with Crippen LogP contribution in [0, 0.1) is 0 Å². The topological polar surface area (TPSA) is 16.8 Å². The number of pyridine rings is 2. The Hall–Kier alpha value is -3.32. The Labute approximate surface area is 238 Å². The molecular formula is C24H12F17N2S+. The molecule has 20 heteroatoms. The maximum atomic E-state index is 14.3. The highest BCUT2D eigenvalue weighted by molar-refractivity contribution is 8.00. The summed E-state index contributed by atoms with van der Waals surface area (Å²) in [6, 6.07) is 9.40. The maximum absolute atomic E-state index is 14.3. The van der Waals surface area contributed by atoms with Gasteiger partial charge in [0.2, 0.25) is 5.69 Å². The SMILES string of the molecule is FC(F)(F)C(F)(F)C(F)(F)C(F)(F)C(F)(F)C(F)(F)C(F)(F)C(F)(F)Sc1ccc(-[n+]2ccc(-c3ccncc3)cc2)cc1. The smallest absolute Gasteiger partial charge is 0.265 e. The molecule has 2 nitrogen and oxygen atoms in total. The van der Waals surface area contributed by atoms with Gasteiger partial charge in [0.25, 0.3) is 0 Å². The molecule has 0 radical (unpaired) electrons. The van der Waals surface area contributed by atoms with E-state index in [9.17, 15) is 74.6 Å². The van der Waals surface area contributed by atoms with E-state index in [1.807, 2.05) is 0 Å². The van der Waals surface area contributed by atoms with Gasteiger partial charge < -0.3 is 0 Å². The van der Waals surface area contributed by atoms with Gasteiger partial charge >= 0.3 is 47.0 Å². The van der Waals surface area contributed by atoms with Crippen LogP contribution >= 0.6 is 11.8 Å². The molecule has 2 aromatic heterocycles. The second kappa shape index (κ2) is 10.9. The van der Waals surface area contributed by atoms with Crippen molar-refractivity contribution in [2.75, 3.05) is 0 Å². The summed E-state index contributed by atoms with van der Waals surface area (Å²) in [4.78, 5) is 2.73. The summed E-state index contributed by atoms with van der Waals surface area (Å²) in [5.41, 5.74) is 1.54. The van der Waals surface area contributed by atoms with Gasteiger partial charge in [0.05, 0.1) is 0 Å². The lowest BCUT2D eigenvalue weighted by atomic mass is 9.91. The van der Waals surface area contributed by atoms with Crippen LogP contribution in [-0.4, -0.2) is 52.0 Å². The number of hydrogen-bond acceptors (Lipinski definition) is 2. The third kappa shape index (κ3) is 5.42. The van der Waals surface area contributed by atoms with Gasteiger partial charge in [-0.3, -0.25) is 4.98 Å². The largest absolute Gasteiger partial charge is 0.460 e. The summed E-state index contributed by atoms with van der Waals surface area (Å²) in [5.74, 6) is -50.1. The maximum Gasteiger partial charge on any atom is 0.460 e. The van der Waals surface area contributed by atoms with Crippen LogP contribution in [0.2, 0.25) is 0 Å². The molecular weight excluding hydrogens is 671 g/mol. The summed E-state index contributed by atoms with van der Waals surface area (Å²) < 4.78 is 230. The molecule has 242 valence electrons. The van der Waals surface area contributed by atoms with E-state index in [1.54, 1.807) is 24.3 Å². The predicted octanol–water partition coefficient (Wildman–Crippen LogP) is 9.08. The van der Waals surface area contributed by atoms with Crippen molar-refractivity contribution in [3.63, 3.8) is 0 Å². The number of alkyl halides is 17. The van der Waals surface area contributed by atoms with Crippen LogP contribution in [0.1, 0.15) is 0 Å². The quantitative estimate of drug-likeness (QED) is 0.121. The van der Waals surface area contributed by atoms with E-state index < -0.39 is 63.6 Å². The Balaban J connectivity index is 1.89. The van der Waals surface area contributed by atoms with Crippen molar-refractivity contribution in [1.29, 1.82) is 0 Å². The van der Waals surface area contributed by atoms with Crippen LogP contribution in [0.25, 0.3) is 16.8 Å². The molecule has 0 bridgehead atoms.